The van der Waals surface area contributed by atoms with E-state index in [2.05, 4.69) is 15.4 Å². The molecule has 0 aromatic carbocycles. The first-order valence-electron chi connectivity index (χ1n) is 4.77. The number of aryl methyl sites for hydroxylation is 1. The molecule has 1 atom stereocenters. The Hall–Kier alpha value is -1.69. The minimum atomic E-state index is -0.109. The van der Waals surface area contributed by atoms with Crippen molar-refractivity contribution in [1.29, 1.82) is 0 Å². The second-order valence-corrected chi connectivity index (χ2v) is 3.61. The normalized spacial score (nSPS) is 13.1. The Bertz CT molecular complexity index is 467. The van der Waals surface area contributed by atoms with Crippen molar-refractivity contribution in [2.24, 2.45) is 12.8 Å². The fourth-order valence-electron chi connectivity index (χ4n) is 1.49. The Balaban J connectivity index is 2.46. The molecule has 15 heavy (non-hydrogen) atoms. The minimum Gasteiger partial charge on any atom is -0.323 e. The summed E-state index contributed by atoms with van der Waals surface area (Å²) in [5.74, 6) is 0.759. The highest BCUT2D eigenvalue weighted by molar-refractivity contribution is 5.24. The van der Waals surface area contributed by atoms with E-state index in [-0.39, 0.29) is 6.04 Å². The summed E-state index contributed by atoms with van der Waals surface area (Å²) in [5.41, 5.74) is 7.51. The molecule has 0 aliphatic rings. The van der Waals surface area contributed by atoms with E-state index in [1.807, 2.05) is 33.2 Å². The fourth-order valence-corrected chi connectivity index (χ4v) is 1.49. The monoisotopic (exact) mass is 206 g/mol. The topological polar surface area (TPSA) is 74.5 Å². The van der Waals surface area contributed by atoms with Gasteiger partial charge < -0.3 is 5.73 Å². The first kappa shape index (κ1) is 9.85. The van der Waals surface area contributed by atoms with E-state index in [9.17, 15) is 0 Å². The van der Waals surface area contributed by atoms with E-state index in [1.165, 1.54) is 0 Å². The lowest BCUT2D eigenvalue weighted by molar-refractivity contribution is 0.706. The van der Waals surface area contributed by atoms with Crippen molar-refractivity contribution >= 4 is 0 Å². The lowest BCUT2D eigenvalue weighted by Gasteiger charge is -2.02. The van der Waals surface area contributed by atoms with Crippen molar-refractivity contribution in [1.82, 2.24) is 24.8 Å². The maximum atomic E-state index is 5.77. The molecule has 2 aromatic heterocycles. The van der Waals surface area contributed by atoms with Crippen LogP contribution in [0.25, 0.3) is 5.82 Å². The van der Waals surface area contributed by atoms with Crippen molar-refractivity contribution < 1.29 is 0 Å². The quantitative estimate of drug-likeness (QED) is 0.768. The predicted octanol–water partition coefficient (Wildman–Crippen LogP) is 0.329. The first-order valence-corrected chi connectivity index (χ1v) is 4.77. The smallest absolute Gasteiger partial charge is 0.177 e. The van der Waals surface area contributed by atoms with Gasteiger partial charge in [0, 0.05) is 25.4 Å². The van der Waals surface area contributed by atoms with Gasteiger partial charge in [-0.3, -0.25) is 4.68 Å². The van der Waals surface area contributed by atoms with Gasteiger partial charge in [-0.25, -0.2) is 0 Å². The Morgan fingerprint density at radius 3 is 2.67 bits per heavy atom. The van der Waals surface area contributed by atoms with Crippen molar-refractivity contribution in [3.05, 3.63) is 23.7 Å². The van der Waals surface area contributed by atoms with Crippen molar-refractivity contribution in [2.45, 2.75) is 19.9 Å². The summed E-state index contributed by atoms with van der Waals surface area (Å²) in [6, 6.07) is 1.77. The van der Waals surface area contributed by atoms with Gasteiger partial charge in [-0.05, 0) is 13.8 Å². The molecule has 2 rings (SSSR count). The zero-order valence-corrected chi connectivity index (χ0v) is 9.05. The lowest BCUT2D eigenvalue weighted by Crippen LogP contribution is -2.08. The van der Waals surface area contributed by atoms with Crippen LogP contribution in [0.4, 0.5) is 0 Å². The van der Waals surface area contributed by atoms with Crippen molar-refractivity contribution in [3.8, 4) is 5.82 Å². The summed E-state index contributed by atoms with van der Waals surface area (Å²) >= 11 is 0. The summed E-state index contributed by atoms with van der Waals surface area (Å²) in [6.45, 7) is 3.83. The second kappa shape index (κ2) is 3.47. The molecule has 6 heteroatoms. The van der Waals surface area contributed by atoms with Crippen LogP contribution >= 0.6 is 0 Å². The summed E-state index contributed by atoms with van der Waals surface area (Å²) in [7, 11) is 1.86. The van der Waals surface area contributed by atoms with Crippen LogP contribution in [0.15, 0.2) is 12.3 Å². The average Bonchev–Trinajstić information content (AvgIpc) is 2.71. The molecule has 0 radical (unpaired) electrons. The molecule has 0 spiro atoms. The molecule has 0 saturated carbocycles. The maximum Gasteiger partial charge on any atom is 0.177 e. The molecule has 2 aromatic rings. The third kappa shape index (κ3) is 1.63. The minimum absolute atomic E-state index is 0.109. The molecule has 0 aliphatic carbocycles. The number of nitrogens with zero attached hydrogens (tertiary/aromatic N) is 5. The van der Waals surface area contributed by atoms with E-state index in [0.717, 1.165) is 17.2 Å². The average molecular weight is 206 g/mol. The van der Waals surface area contributed by atoms with Gasteiger partial charge >= 0.3 is 0 Å². The van der Waals surface area contributed by atoms with E-state index in [0.29, 0.717) is 0 Å². The van der Waals surface area contributed by atoms with Gasteiger partial charge in [-0.2, -0.15) is 9.78 Å². The van der Waals surface area contributed by atoms with Crippen LogP contribution in [-0.4, -0.2) is 24.8 Å². The Morgan fingerprint density at radius 2 is 2.20 bits per heavy atom. The van der Waals surface area contributed by atoms with Crippen LogP contribution in [0.1, 0.15) is 24.4 Å². The fraction of sp³-hybridized carbons (Fsp3) is 0.444. The molecule has 0 saturated heterocycles. The summed E-state index contributed by atoms with van der Waals surface area (Å²) in [6.07, 6.45) is 1.86. The number of rotatable bonds is 2. The highest BCUT2D eigenvalue weighted by Gasteiger charge is 2.14. The predicted molar refractivity (Wildman–Crippen MR) is 55.5 cm³/mol. The zero-order valence-electron chi connectivity index (χ0n) is 9.05. The van der Waals surface area contributed by atoms with E-state index in [1.54, 1.807) is 9.36 Å². The van der Waals surface area contributed by atoms with E-state index >= 15 is 0 Å². The number of nitrogens with two attached hydrogens (primary N) is 1. The van der Waals surface area contributed by atoms with Gasteiger partial charge in [0.1, 0.15) is 5.69 Å². The Labute approximate surface area is 87.7 Å². The molecule has 6 nitrogen and oxygen atoms in total. The maximum absolute atomic E-state index is 5.77. The van der Waals surface area contributed by atoms with Gasteiger partial charge in [0.15, 0.2) is 5.82 Å². The molecule has 0 bridgehead atoms. The molecule has 2 heterocycles. The number of hydrogen-bond donors (Lipinski definition) is 1. The standard InChI is InChI=1S/C9H14N6/c1-6(10)9-7(2)15(13-11-9)8-4-5-14(3)12-8/h4-6H,10H2,1-3H3. The lowest BCUT2D eigenvalue weighted by atomic mass is 10.2. The molecule has 1 unspecified atom stereocenters. The molecule has 2 N–H and O–H groups in total. The summed E-state index contributed by atoms with van der Waals surface area (Å²) < 4.78 is 3.42. The number of aromatic nitrogens is 5. The van der Waals surface area contributed by atoms with Crippen LogP contribution in [0.3, 0.4) is 0 Å². The third-order valence-corrected chi connectivity index (χ3v) is 2.28. The van der Waals surface area contributed by atoms with Crippen LogP contribution in [0, 0.1) is 6.92 Å². The Morgan fingerprint density at radius 1 is 1.47 bits per heavy atom. The SMILES string of the molecule is Cc1c(C(C)N)nnn1-c1ccn(C)n1. The van der Waals surface area contributed by atoms with E-state index < -0.39 is 0 Å². The zero-order chi connectivity index (χ0) is 11.0. The molecule has 0 aliphatic heterocycles. The van der Waals surface area contributed by atoms with Crippen LogP contribution in [0.2, 0.25) is 0 Å². The molecular weight excluding hydrogens is 192 g/mol. The molecule has 0 amide bonds. The summed E-state index contributed by atoms with van der Waals surface area (Å²) in [4.78, 5) is 0. The first-order chi connectivity index (χ1) is 7.09. The summed E-state index contributed by atoms with van der Waals surface area (Å²) in [5, 5.41) is 12.3. The van der Waals surface area contributed by atoms with Gasteiger partial charge in [0.05, 0.1) is 5.69 Å². The van der Waals surface area contributed by atoms with Crippen LogP contribution in [-0.2, 0) is 7.05 Å². The van der Waals surface area contributed by atoms with Gasteiger partial charge in [0.2, 0.25) is 0 Å². The van der Waals surface area contributed by atoms with Crippen LogP contribution < -0.4 is 5.73 Å². The molecule has 80 valence electrons. The van der Waals surface area contributed by atoms with Crippen molar-refractivity contribution in [2.75, 3.05) is 0 Å². The van der Waals surface area contributed by atoms with E-state index in [4.69, 9.17) is 5.73 Å². The van der Waals surface area contributed by atoms with Crippen LogP contribution in [0.5, 0.6) is 0 Å². The highest BCUT2D eigenvalue weighted by atomic mass is 15.5. The Kier molecular flexibility index (Phi) is 2.28. The largest absolute Gasteiger partial charge is 0.323 e. The van der Waals surface area contributed by atoms with Gasteiger partial charge in [0.25, 0.3) is 0 Å². The molecular formula is C9H14N6. The number of hydrogen-bond acceptors (Lipinski definition) is 4. The highest BCUT2D eigenvalue weighted by Crippen LogP contribution is 2.14. The van der Waals surface area contributed by atoms with Gasteiger partial charge in [-0.1, -0.05) is 5.21 Å². The molecule has 0 fully saturated rings. The van der Waals surface area contributed by atoms with Gasteiger partial charge in [-0.15, -0.1) is 5.10 Å². The third-order valence-electron chi connectivity index (χ3n) is 2.28. The van der Waals surface area contributed by atoms with Crippen molar-refractivity contribution in [3.63, 3.8) is 0 Å². The second-order valence-electron chi connectivity index (χ2n) is 3.61.